The van der Waals surface area contributed by atoms with E-state index < -0.39 is 10.0 Å². The maximum atomic E-state index is 12.7. The van der Waals surface area contributed by atoms with E-state index in [1.165, 1.54) is 6.07 Å². The molecule has 2 N–H and O–H groups in total. The summed E-state index contributed by atoms with van der Waals surface area (Å²) in [6, 6.07) is 12.0. The Hall–Kier alpha value is -1.53. The zero-order valence-electron chi connectivity index (χ0n) is 13.2. The fraction of sp³-hybridized carbons (Fsp3) is 0.222. The normalized spacial score (nSPS) is 17.6. The van der Waals surface area contributed by atoms with Crippen LogP contribution < -0.4 is 4.72 Å². The molecular formula is C18H16Cl2N2O2S. The third-order valence-corrected chi connectivity index (χ3v) is 6.85. The van der Waals surface area contributed by atoms with Gasteiger partial charge in [-0.1, -0.05) is 35.3 Å². The molecule has 4 rings (SSSR count). The van der Waals surface area contributed by atoms with Crippen molar-refractivity contribution >= 4 is 44.1 Å². The summed E-state index contributed by atoms with van der Waals surface area (Å²) in [6.07, 6.45) is 2.15. The molecule has 1 aromatic heterocycles. The summed E-state index contributed by atoms with van der Waals surface area (Å²) >= 11 is 12.2. The number of hydrogen-bond donors (Lipinski definition) is 2. The van der Waals surface area contributed by atoms with Crippen LogP contribution in [0.2, 0.25) is 10.0 Å². The van der Waals surface area contributed by atoms with Crippen LogP contribution in [-0.2, 0) is 22.9 Å². The minimum absolute atomic E-state index is 0.115. The van der Waals surface area contributed by atoms with E-state index in [1.54, 1.807) is 18.2 Å². The number of fused-ring (bicyclic) bond motifs is 3. The summed E-state index contributed by atoms with van der Waals surface area (Å²) in [5.41, 5.74) is 3.32. The van der Waals surface area contributed by atoms with Gasteiger partial charge in [0.25, 0.3) is 0 Å². The average Bonchev–Trinajstić information content (AvgIpc) is 2.92. The van der Waals surface area contributed by atoms with Crippen LogP contribution in [0.3, 0.4) is 0 Å². The molecule has 25 heavy (non-hydrogen) atoms. The summed E-state index contributed by atoms with van der Waals surface area (Å²) in [6.45, 7) is 0. The summed E-state index contributed by atoms with van der Waals surface area (Å²) in [7, 11) is -3.66. The molecule has 0 fully saturated rings. The number of halogens is 2. The Morgan fingerprint density at radius 2 is 1.92 bits per heavy atom. The van der Waals surface area contributed by atoms with Crippen LogP contribution in [0.4, 0.5) is 0 Å². The van der Waals surface area contributed by atoms with E-state index in [4.69, 9.17) is 23.2 Å². The predicted octanol–water partition coefficient (Wildman–Crippen LogP) is 4.31. The third kappa shape index (κ3) is 3.17. The lowest BCUT2D eigenvalue weighted by atomic mass is 9.92. The summed E-state index contributed by atoms with van der Waals surface area (Å²) < 4.78 is 28.1. The Morgan fingerprint density at radius 3 is 2.72 bits per heavy atom. The van der Waals surface area contributed by atoms with Gasteiger partial charge >= 0.3 is 0 Å². The molecule has 0 amide bonds. The Labute approximate surface area is 156 Å². The van der Waals surface area contributed by atoms with Crippen molar-refractivity contribution in [2.45, 2.75) is 30.2 Å². The van der Waals surface area contributed by atoms with Crippen LogP contribution in [0.1, 0.15) is 17.7 Å². The number of sulfonamides is 1. The van der Waals surface area contributed by atoms with Crippen LogP contribution in [0.15, 0.2) is 47.4 Å². The minimum atomic E-state index is -3.66. The highest BCUT2D eigenvalue weighted by Crippen LogP contribution is 2.31. The number of aryl methyl sites for hydroxylation is 1. The number of aromatic nitrogens is 1. The second-order valence-corrected chi connectivity index (χ2v) is 8.79. The van der Waals surface area contributed by atoms with E-state index in [-0.39, 0.29) is 16.0 Å². The van der Waals surface area contributed by atoms with Gasteiger partial charge in [0, 0.05) is 27.7 Å². The van der Waals surface area contributed by atoms with Gasteiger partial charge in [0.2, 0.25) is 10.0 Å². The van der Waals surface area contributed by atoms with Gasteiger partial charge in [-0.2, -0.15) is 0 Å². The molecule has 7 heteroatoms. The van der Waals surface area contributed by atoms with Crippen LogP contribution in [0.5, 0.6) is 0 Å². The van der Waals surface area contributed by atoms with Crippen LogP contribution in [0.25, 0.3) is 10.9 Å². The van der Waals surface area contributed by atoms with Gasteiger partial charge in [-0.25, -0.2) is 13.1 Å². The zero-order valence-corrected chi connectivity index (χ0v) is 15.5. The highest BCUT2D eigenvalue weighted by molar-refractivity contribution is 7.89. The first-order chi connectivity index (χ1) is 11.9. The van der Waals surface area contributed by atoms with E-state index in [2.05, 4.69) is 9.71 Å². The smallest absolute Gasteiger partial charge is 0.242 e. The van der Waals surface area contributed by atoms with E-state index >= 15 is 0 Å². The van der Waals surface area contributed by atoms with Crippen molar-refractivity contribution in [2.24, 2.45) is 0 Å². The van der Waals surface area contributed by atoms with E-state index in [9.17, 15) is 8.42 Å². The second-order valence-electron chi connectivity index (χ2n) is 6.26. The van der Waals surface area contributed by atoms with Crippen LogP contribution in [0, 0.1) is 0 Å². The van der Waals surface area contributed by atoms with Gasteiger partial charge in [-0.05, 0) is 55.2 Å². The van der Waals surface area contributed by atoms with Gasteiger partial charge < -0.3 is 4.98 Å². The van der Waals surface area contributed by atoms with Gasteiger partial charge in [0.05, 0.1) is 5.02 Å². The number of nitrogens with one attached hydrogen (secondary N) is 2. The van der Waals surface area contributed by atoms with Crippen molar-refractivity contribution in [3.8, 4) is 0 Å². The van der Waals surface area contributed by atoms with Crippen molar-refractivity contribution in [3.05, 3.63) is 63.8 Å². The minimum Gasteiger partial charge on any atom is -0.358 e. The molecule has 0 saturated carbocycles. The van der Waals surface area contributed by atoms with Gasteiger partial charge in [0.15, 0.2) is 0 Å². The van der Waals surface area contributed by atoms with E-state index in [0.29, 0.717) is 11.4 Å². The molecule has 1 unspecified atom stereocenters. The fourth-order valence-corrected chi connectivity index (χ4v) is 5.40. The Balaban J connectivity index is 1.63. The first kappa shape index (κ1) is 16.9. The lowest BCUT2D eigenvalue weighted by molar-refractivity contribution is 0.506. The first-order valence-electron chi connectivity index (χ1n) is 8.00. The van der Waals surface area contributed by atoms with Crippen molar-refractivity contribution in [2.75, 3.05) is 0 Å². The Kier molecular flexibility index (Phi) is 4.28. The van der Waals surface area contributed by atoms with E-state index in [1.807, 2.05) is 18.2 Å². The highest BCUT2D eigenvalue weighted by Gasteiger charge is 2.27. The molecule has 0 bridgehead atoms. The number of rotatable bonds is 3. The first-order valence-corrected chi connectivity index (χ1v) is 10.2. The van der Waals surface area contributed by atoms with Crippen molar-refractivity contribution in [1.82, 2.24) is 9.71 Å². The lowest BCUT2D eigenvalue weighted by Gasteiger charge is -2.23. The number of hydrogen-bond acceptors (Lipinski definition) is 2. The van der Waals surface area contributed by atoms with Crippen LogP contribution >= 0.6 is 23.2 Å². The van der Waals surface area contributed by atoms with Crippen molar-refractivity contribution in [3.63, 3.8) is 0 Å². The fourth-order valence-electron chi connectivity index (χ4n) is 3.44. The Bertz CT molecular complexity index is 1060. The quantitative estimate of drug-likeness (QED) is 0.694. The average molecular weight is 395 g/mol. The standard InChI is InChI=1S/C18H16Cl2N2O2S/c19-11-5-7-16-13(9-11)14-10-12(6-8-17(14)21-16)22-25(23,24)18-4-2-1-3-15(18)20/h1-5,7,9,12,21-22H,6,8,10H2. The number of H-pyrrole nitrogens is 1. The van der Waals surface area contributed by atoms with Gasteiger partial charge in [-0.3, -0.25) is 0 Å². The largest absolute Gasteiger partial charge is 0.358 e. The molecular weight excluding hydrogens is 379 g/mol. The molecule has 1 aliphatic carbocycles. The molecule has 1 atom stereocenters. The SMILES string of the molecule is O=S(=O)(NC1CCc2[nH]c3ccc(Cl)cc3c2C1)c1ccccc1Cl. The molecule has 0 radical (unpaired) electrons. The third-order valence-electron chi connectivity index (χ3n) is 4.60. The molecule has 2 aromatic carbocycles. The monoisotopic (exact) mass is 394 g/mol. The number of aromatic amines is 1. The maximum Gasteiger partial charge on any atom is 0.242 e. The molecule has 0 saturated heterocycles. The topological polar surface area (TPSA) is 62.0 Å². The summed E-state index contributed by atoms with van der Waals surface area (Å²) in [5.74, 6) is 0. The molecule has 1 aliphatic rings. The zero-order chi connectivity index (χ0) is 17.6. The molecule has 3 aromatic rings. The highest BCUT2D eigenvalue weighted by atomic mass is 35.5. The van der Waals surface area contributed by atoms with Crippen molar-refractivity contribution < 1.29 is 8.42 Å². The molecule has 0 spiro atoms. The Morgan fingerprint density at radius 1 is 1.12 bits per heavy atom. The molecule has 130 valence electrons. The lowest BCUT2D eigenvalue weighted by Crippen LogP contribution is -2.38. The molecule has 4 nitrogen and oxygen atoms in total. The molecule has 0 aliphatic heterocycles. The summed E-state index contributed by atoms with van der Waals surface area (Å²) in [4.78, 5) is 3.53. The summed E-state index contributed by atoms with van der Waals surface area (Å²) in [5, 5.41) is 1.96. The predicted molar refractivity (Wildman–Crippen MR) is 101 cm³/mol. The maximum absolute atomic E-state index is 12.7. The van der Waals surface area contributed by atoms with Gasteiger partial charge in [-0.15, -0.1) is 0 Å². The molecule has 1 heterocycles. The van der Waals surface area contributed by atoms with Crippen molar-refractivity contribution in [1.29, 1.82) is 0 Å². The van der Waals surface area contributed by atoms with Crippen LogP contribution in [-0.4, -0.2) is 19.4 Å². The van der Waals surface area contributed by atoms with E-state index in [0.717, 1.165) is 35.0 Å². The second kappa shape index (κ2) is 6.32. The van der Waals surface area contributed by atoms with Gasteiger partial charge in [0.1, 0.15) is 4.90 Å². The number of benzene rings is 2.